The highest BCUT2D eigenvalue weighted by atomic mass is 79.9. The lowest BCUT2D eigenvalue weighted by Gasteiger charge is -2.27. The topological polar surface area (TPSA) is 66.4 Å². The summed E-state index contributed by atoms with van der Waals surface area (Å²) in [6.07, 6.45) is 0. The number of hydrogen-bond donors (Lipinski definition) is 2. The number of rotatable bonds is 3. The Bertz CT molecular complexity index is 511. The van der Waals surface area contributed by atoms with Crippen molar-refractivity contribution in [2.24, 2.45) is 5.41 Å². The Morgan fingerprint density at radius 1 is 1.37 bits per heavy atom. The summed E-state index contributed by atoms with van der Waals surface area (Å²) in [6.45, 7) is 5.25. The molecule has 0 aliphatic heterocycles. The second-order valence-electron chi connectivity index (χ2n) is 5.24. The molecule has 0 saturated heterocycles. The van der Waals surface area contributed by atoms with Gasteiger partial charge in [0, 0.05) is 10.0 Å². The molecule has 0 spiro atoms. The maximum atomic E-state index is 12.0. The van der Waals surface area contributed by atoms with Crippen molar-refractivity contribution in [3.05, 3.63) is 33.3 Å². The zero-order chi connectivity index (χ0) is 14.8. The predicted octanol–water partition coefficient (Wildman–Crippen LogP) is 3.33. The van der Waals surface area contributed by atoms with Crippen LogP contribution in [0.4, 0.5) is 0 Å². The van der Waals surface area contributed by atoms with Gasteiger partial charge in [-0.15, -0.1) is 0 Å². The molecule has 0 aromatic heterocycles. The van der Waals surface area contributed by atoms with E-state index in [1.54, 1.807) is 32.9 Å². The lowest BCUT2D eigenvalue weighted by Crippen LogP contribution is -2.49. The number of carbonyl (C=O) groups excluding carboxylic acids is 1. The van der Waals surface area contributed by atoms with Crippen LogP contribution in [-0.4, -0.2) is 23.0 Å². The summed E-state index contributed by atoms with van der Waals surface area (Å²) in [5.74, 6) is -1.53. The van der Waals surface area contributed by atoms with Gasteiger partial charge in [0.05, 0.1) is 5.02 Å². The van der Waals surface area contributed by atoms with E-state index in [-0.39, 0.29) is 0 Å². The molecule has 4 nitrogen and oxygen atoms in total. The normalized spacial score (nSPS) is 12.9. The van der Waals surface area contributed by atoms with Crippen LogP contribution in [0.3, 0.4) is 0 Å². The number of hydrogen-bond acceptors (Lipinski definition) is 2. The molecule has 0 aliphatic rings. The Morgan fingerprint density at radius 3 is 2.37 bits per heavy atom. The largest absolute Gasteiger partial charge is 0.480 e. The first-order valence-electron chi connectivity index (χ1n) is 5.61. The summed E-state index contributed by atoms with van der Waals surface area (Å²) >= 11 is 9.13. The van der Waals surface area contributed by atoms with Gasteiger partial charge in [-0.05, 0) is 39.5 Å². The Hall–Kier alpha value is -1.07. The average molecular weight is 349 g/mol. The van der Waals surface area contributed by atoms with Crippen molar-refractivity contribution < 1.29 is 14.7 Å². The van der Waals surface area contributed by atoms with Gasteiger partial charge in [-0.25, -0.2) is 4.79 Å². The maximum absolute atomic E-state index is 12.0. The smallest absolute Gasteiger partial charge is 0.326 e. The Labute approximate surface area is 125 Å². The molecule has 0 unspecified atom stereocenters. The van der Waals surface area contributed by atoms with E-state index in [0.717, 1.165) is 0 Å². The van der Waals surface area contributed by atoms with Gasteiger partial charge in [0.15, 0.2) is 0 Å². The van der Waals surface area contributed by atoms with Crippen molar-refractivity contribution in [1.29, 1.82) is 0 Å². The number of aliphatic carboxylic acids is 1. The van der Waals surface area contributed by atoms with Crippen molar-refractivity contribution in [3.8, 4) is 0 Å². The monoisotopic (exact) mass is 347 g/mol. The molecule has 1 atom stereocenters. The van der Waals surface area contributed by atoms with Crippen LogP contribution in [0.5, 0.6) is 0 Å². The Balaban J connectivity index is 2.94. The number of halogens is 2. The summed E-state index contributed by atoms with van der Waals surface area (Å²) in [6, 6.07) is 3.74. The molecule has 0 radical (unpaired) electrons. The number of carbonyl (C=O) groups is 2. The van der Waals surface area contributed by atoms with E-state index in [1.165, 1.54) is 6.07 Å². The van der Waals surface area contributed by atoms with Gasteiger partial charge in [0.1, 0.15) is 6.04 Å². The van der Waals surface area contributed by atoms with Gasteiger partial charge in [-0.1, -0.05) is 32.4 Å². The highest BCUT2D eigenvalue weighted by molar-refractivity contribution is 9.10. The molecule has 0 heterocycles. The summed E-state index contributed by atoms with van der Waals surface area (Å²) in [5, 5.41) is 12.1. The van der Waals surface area contributed by atoms with Crippen LogP contribution < -0.4 is 5.32 Å². The lowest BCUT2D eigenvalue weighted by atomic mass is 9.86. The molecule has 1 rings (SSSR count). The molecule has 0 bridgehead atoms. The molecular formula is C13H15BrClNO3. The molecule has 0 fully saturated rings. The maximum Gasteiger partial charge on any atom is 0.326 e. The third-order valence-electron chi connectivity index (χ3n) is 2.57. The molecule has 2 N–H and O–H groups in total. The molecule has 1 amide bonds. The number of carboxylic acids is 1. The molecule has 19 heavy (non-hydrogen) atoms. The first-order chi connectivity index (χ1) is 8.62. The van der Waals surface area contributed by atoms with Crippen LogP contribution in [0, 0.1) is 5.41 Å². The summed E-state index contributed by atoms with van der Waals surface area (Å²) in [4.78, 5) is 23.2. The van der Waals surface area contributed by atoms with Crippen LogP contribution in [0.1, 0.15) is 31.1 Å². The van der Waals surface area contributed by atoms with Gasteiger partial charge < -0.3 is 10.4 Å². The fraction of sp³-hybridized carbons (Fsp3) is 0.385. The molecule has 0 aliphatic carbocycles. The minimum Gasteiger partial charge on any atom is -0.480 e. The van der Waals surface area contributed by atoms with Gasteiger partial charge in [-0.2, -0.15) is 0 Å². The highest BCUT2D eigenvalue weighted by Crippen LogP contribution is 2.24. The standard InChI is InChI=1S/C13H15BrClNO3/c1-13(2,3)10(12(18)19)16-11(17)7-4-5-8(14)9(15)6-7/h4-6,10H,1-3H3,(H,16,17)(H,18,19)/t10-/m0/s1. The van der Waals surface area contributed by atoms with E-state index < -0.39 is 23.3 Å². The first kappa shape index (κ1) is 16.0. The SMILES string of the molecule is CC(C)(C)[C@@H](NC(=O)c1ccc(Br)c(Cl)c1)C(=O)O. The highest BCUT2D eigenvalue weighted by Gasteiger charge is 2.32. The van der Waals surface area contributed by atoms with E-state index in [0.29, 0.717) is 15.1 Å². The third kappa shape index (κ3) is 4.21. The lowest BCUT2D eigenvalue weighted by molar-refractivity contribution is -0.142. The zero-order valence-electron chi connectivity index (χ0n) is 10.8. The van der Waals surface area contributed by atoms with E-state index in [9.17, 15) is 9.59 Å². The quantitative estimate of drug-likeness (QED) is 0.880. The third-order valence-corrected chi connectivity index (χ3v) is 3.80. The number of benzene rings is 1. The summed E-state index contributed by atoms with van der Waals surface area (Å²) in [5.41, 5.74) is -0.260. The van der Waals surface area contributed by atoms with E-state index in [2.05, 4.69) is 21.2 Å². The fourth-order valence-corrected chi connectivity index (χ4v) is 1.93. The molecule has 1 aromatic carbocycles. The first-order valence-corrected chi connectivity index (χ1v) is 6.78. The van der Waals surface area contributed by atoms with Gasteiger partial charge in [-0.3, -0.25) is 4.79 Å². The van der Waals surface area contributed by atoms with Crippen molar-refractivity contribution >= 4 is 39.4 Å². The molecule has 6 heteroatoms. The summed E-state index contributed by atoms with van der Waals surface area (Å²) < 4.78 is 0.677. The minimum absolute atomic E-state index is 0.323. The molecule has 104 valence electrons. The minimum atomic E-state index is -1.07. The van der Waals surface area contributed by atoms with Crippen molar-refractivity contribution in [1.82, 2.24) is 5.32 Å². The van der Waals surface area contributed by atoms with Crippen LogP contribution in [-0.2, 0) is 4.79 Å². The van der Waals surface area contributed by atoms with Gasteiger partial charge in [0.25, 0.3) is 5.91 Å². The molecule has 1 aromatic rings. The van der Waals surface area contributed by atoms with Crippen LogP contribution in [0.15, 0.2) is 22.7 Å². The average Bonchev–Trinajstić information content (AvgIpc) is 2.27. The predicted molar refractivity (Wildman–Crippen MR) is 77.5 cm³/mol. The number of amides is 1. The van der Waals surface area contributed by atoms with Crippen LogP contribution in [0.25, 0.3) is 0 Å². The van der Waals surface area contributed by atoms with E-state index in [1.807, 2.05) is 0 Å². The zero-order valence-corrected chi connectivity index (χ0v) is 13.2. The Kier molecular flexibility index (Phi) is 4.98. The van der Waals surface area contributed by atoms with Crippen molar-refractivity contribution in [2.45, 2.75) is 26.8 Å². The van der Waals surface area contributed by atoms with E-state index in [4.69, 9.17) is 16.7 Å². The molecular weight excluding hydrogens is 334 g/mol. The fourth-order valence-electron chi connectivity index (χ4n) is 1.50. The van der Waals surface area contributed by atoms with Crippen LogP contribution >= 0.6 is 27.5 Å². The van der Waals surface area contributed by atoms with Gasteiger partial charge >= 0.3 is 5.97 Å². The summed E-state index contributed by atoms with van der Waals surface area (Å²) in [7, 11) is 0. The van der Waals surface area contributed by atoms with E-state index >= 15 is 0 Å². The number of carboxylic acid groups (broad SMARTS) is 1. The van der Waals surface area contributed by atoms with Crippen LogP contribution in [0.2, 0.25) is 5.02 Å². The van der Waals surface area contributed by atoms with Crippen molar-refractivity contribution in [3.63, 3.8) is 0 Å². The van der Waals surface area contributed by atoms with Gasteiger partial charge in [0.2, 0.25) is 0 Å². The molecule has 0 saturated carbocycles. The number of nitrogens with one attached hydrogen (secondary N) is 1. The second-order valence-corrected chi connectivity index (χ2v) is 6.50. The Morgan fingerprint density at radius 2 is 1.95 bits per heavy atom. The van der Waals surface area contributed by atoms with Crippen molar-refractivity contribution in [2.75, 3.05) is 0 Å². The second kappa shape index (κ2) is 5.92.